The number of benzene rings is 1. The van der Waals surface area contributed by atoms with Gasteiger partial charge in [-0.25, -0.2) is 4.98 Å². The van der Waals surface area contributed by atoms with Crippen molar-refractivity contribution in [2.75, 3.05) is 37.7 Å². The first-order valence-corrected chi connectivity index (χ1v) is 12.7. The second-order valence-electron chi connectivity index (χ2n) is 8.65. The summed E-state index contributed by atoms with van der Waals surface area (Å²) in [6.07, 6.45) is 5.09. The van der Waals surface area contributed by atoms with Gasteiger partial charge in [0.15, 0.2) is 0 Å². The van der Waals surface area contributed by atoms with Gasteiger partial charge in [0.05, 0.1) is 10.4 Å². The van der Waals surface area contributed by atoms with Crippen molar-refractivity contribution in [1.29, 1.82) is 0 Å². The zero-order valence-electron chi connectivity index (χ0n) is 19.1. The topological polar surface area (TPSA) is 45.7 Å². The van der Waals surface area contributed by atoms with Gasteiger partial charge < -0.3 is 9.64 Å². The first-order chi connectivity index (χ1) is 15.5. The fourth-order valence-corrected chi connectivity index (χ4v) is 5.48. The van der Waals surface area contributed by atoms with Crippen LogP contribution in [0.2, 0.25) is 0 Å². The number of nitrogens with zero attached hydrogens (tertiary/aromatic N) is 3. The average Bonchev–Trinajstić information content (AvgIpc) is 3.04. The van der Waals surface area contributed by atoms with E-state index < -0.39 is 0 Å². The second kappa shape index (κ2) is 10.3. The van der Waals surface area contributed by atoms with E-state index in [0.717, 1.165) is 60.6 Å². The third kappa shape index (κ3) is 5.16. The van der Waals surface area contributed by atoms with E-state index in [1.807, 2.05) is 13.0 Å². The van der Waals surface area contributed by atoms with Crippen LogP contribution in [0.25, 0.3) is 17.0 Å². The van der Waals surface area contributed by atoms with Crippen LogP contribution in [-0.2, 0) is 9.53 Å². The minimum absolute atomic E-state index is 0.0148. The van der Waals surface area contributed by atoms with Gasteiger partial charge in [-0.2, -0.15) is 0 Å². The highest BCUT2D eigenvalue weighted by Gasteiger charge is 2.32. The highest BCUT2D eigenvalue weighted by atomic mass is 32.2. The molecule has 0 radical (unpaired) electrons. The third-order valence-electron chi connectivity index (χ3n) is 6.10. The number of ether oxygens (including phenoxy) is 1. The first-order valence-electron chi connectivity index (χ1n) is 11.5. The van der Waals surface area contributed by atoms with Gasteiger partial charge in [0.25, 0.3) is 5.91 Å². The minimum Gasteiger partial charge on any atom is -0.382 e. The van der Waals surface area contributed by atoms with E-state index in [0.29, 0.717) is 29.0 Å². The van der Waals surface area contributed by atoms with Crippen molar-refractivity contribution < 1.29 is 9.53 Å². The Labute approximate surface area is 200 Å². The lowest BCUT2D eigenvalue weighted by molar-refractivity contribution is -0.122. The molecule has 2 aliphatic heterocycles. The molecule has 0 bridgehead atoms. The van der Waals surface area contributed by atoms with Crippen molar-refractivity contribution in [3.8, 4) is 0 Å². The van der Waals surface area contributed by atoms with E-state index >= 15 is 0 Å². The van der Waals surface area contributed by atoms with Gasteiger partial charge in [-0.05, 0) is 63.3 Å². The number of carbonyl (C=O) groups excluding carboxylic acids is 1. The minimum atomic E-state index is -0.0148. The lowest BCUT2D eigenvalue weighted by atomic mass is 9.98. The van der Waals surface area contributed by atoms with E-state index in [2.05, 4.69) is 43.0 Å². The van der Waals surface area contributed by atoms with Crippen LogP contribution in [0, 0.1) is 12.8 Å². The summed E-state index contributed by atoms with van der Waals surface area (Å²) >= 11 is 6.90. The Bertz CT molecular complexity index is 1040. The normalized spacial score (nSPS) is 19.0. The molecule has 170 valence electrons. The summed E-state index contributed by atoms with van der Waals surface area (Å²) in [5, 5.41) is 1.09. The fraction of sp³-hybridized carbons (Fsp3) is 0.480. The summed E-state index contributed by atoms with van der Waals surface area (Å²) < 4.78 is 6.03. The molecule has 4 rings (SSSR count). The van der Waals surface area contributed by atoms with Crippen LogP contribution < -0.4 is 4.90 Å². The molecule has 1 aromatic carbocycles. The molecule has 0 saturated carbocycles. The molecule has 7 heteroatoms. The quantitative estimate of drug-likeness (QED) is 0.307. The van der Waals surface area contributed by atoms with Crippen LogP contribution in [0.5, 0.6) is 0 Å². The first kappa shape index (κ1) is 23.2. The van der Waals surface area contributed by atoms with Crippen molar-refractivity contribution in [3.05, 3.63) is 40.3 Å². The molecule has 0 unspecified atom stereocenters. The highest BCUT2D eigenvalue weighted by molar-refractivity contribution is 8.26. The zero-order chi connectivity index (χ0) is 22.7. The smallest absolute Gasteiger partial charge is 0.266 e. The molecular formula is C25H31N3O2S2. The summed E-state index contributed by atoms with van der Waals surface area (Å²) in [7, 11) is 0. The zero-order valence-corrected chi connectivity index (χ0v) is 20.7. The number of amides is 1. The van der Waals surface area contributed by atoms with Crippen LogP contribution in [-0.4, -0.2) is 53.0 Å². The van der Waals surface area contributed by atoms with Crippen LogP contribution in [0.15, 0.2) is 29.2 Å². The maximum atomic E-state index is 13.1. The van der Waals surface area contributed by atoms with E-state index in [4.69, 9.17) is 21.9 Å². The largest absolute Gasteiger partial charge is 0.382 e. The third-order valence-corrected chi connectivity index (χ3v) is 7.47. The molecule has 2 aliphatic rings. The Hall–Kier alpha value is -1.96. The van der Waals surface area contributed by atoms with Crippen LogP contribution in [0.4, 0.5) is 5.82 Å². The number of rotatable bonds is 7. The number of fused-ring (bicyclic) bond motifs is 1. The van der Waals surface area contributed by atoms with Crippen LogP contribution in [0.1, 0.15) is 44.2 Å². The Morgan fingerprint density at radius 1 is 1.28 bits per heavy atom. The second-order valence-corrected chi connectivity index (χ2v) is 10.3. The number of hydrogen-bond acceptors (Lipinski definition) is 6. The van der Waals surface area contributed by atoms with Gasteiger partial charge in [0, 0.05) is 43.8 Å². The fourth-order valence-electron chi connectivity index (χ4n) is 4.19. The molecule has 2 saturated heterocycles. The molecule has 1 aromatic heterocycles. The number of hydrogen-bond donors (Lipinski definition) is 0. The number of aromatic nitrogens is 1. The van der Waals surface area contributed by atoms with E-state index in [-0.39, 0.29) is 5.91 Å². The SMILES string of the molecule is CCOCCCN1C(=O)/C(=C/c2cc3cc(C)ccc3nc2N2CCC(C)CC2)SC1=S. The molecule has 5 nitrogen and oxygen atoms in total. The van der Waals surface area contributed by atoms with Gasteiger partial charge in [-0.15, -0.1) is 0 Å². The maximum Gasteiger partial charge on any atom is 0.266 e. The Morgan fingerprint density at radius 3 is 2.81 bits per heavy atom. The summed E-state index contributed by atoms with van der Waals surface area (Å²) in [5.41, 5.74) is 3.18. The van der Waals surface area contributed by atoms with Crippen LogP contribution >= 0.6 is 24.0 Å². The predicted octanol–water partition coefficient (Wildman–Crippen LogP) is 5.41. The molecule has 2 fully saturated rings. The standard InChI is InChI=1S/C25H31N3O2S2/c1-4-30-13-5-10-28-24(29)22(32-25(28)31)16-20-15-19-14-18(3)6-7-21(19)26-23(20)27-11-8-17(2)9-12-27/h6-7,14-17H,4-5,8-13H2,1-3H3/b22-16-. The average molecular weight is 470 g/mol. The lowest BCUT2D eigenvalue weighted by Crippen LogP contribution is -2.34. The monoisotopic (exact) mass is 469 g/mol. The van der Waals surface area contributed by atoms with Gasteiger partial charge in [0.2, 0.25) is 0 Å². The number of piperidine rings is 1. The molecule has 3 heterocycles. The number of carbonyl (C=O) groups is 1. The summed E-state index contributed by atoms with van der Waals surface area (Å²) in [6.45, 7) is 10.3. The Balaban J connectivity index is 1.66. The molecule has 0 N–H and O–H groups in total. The van der Waals surface area contributed by atoms with E-state index in [1.165, 1.54) is 17.3 Å². The van der Waals surface area contributed by atoms with Crippen molar-refractivity contribution >= 4 is 57.0 Å². The summed E-state index contributed by atoms with van der Waals surface area (Å²) in [4.78, 5) is 22.9. The molecule has 0 aliphatic carbocycles. The summed E-state index contributed by atoms with van der Waals surface area (Å²) in [6, 6.07) is 8.51. The highest BCUT2D eigenvalue weighted by Crippen LogP contribution is 2.36. The van der Waals surface area contributed by atoms with Crippen molar-refractivity contribution in [2.24, 2.45) is 5.92 Å². The molecule has 1 amide bonds. The number of aryl methyl sites for hydroxylation is 1. The van der Waals surface area contributed by atoms with Gasteiger partial charge in [-0.1, -0.05) is 42.5 Å². The van der Waals surface area contributed by atoms with Crippen molar-refractivity contribution in [3.63, 3.8) is 0 Å². The molecule has 0 atom stereocenters. The maximum absolute atomic E-state index is 13.1. The number of thiocarbonyl (C=S) groups is 1. The number of thioether (sulfide) groups is 1. The van der Waals surface area contributed by atoms with E-state index in [9.17, 15) is 4.79 Å². The predicted molar refractivity (Wildman–Crippen MR) is 138 cm³/mol. The number of pyridine rings is 1. The summed E-state index contributed by atoms with van der Waals surface area (Å²) in [5.74, 6) is 1.69. The molecular weight excluding hydrogens is 438 g/mol. The number of anilines is 1. The van der Waals surface area contributed by atoms with Gasteiger partial charge in [-0.3, -0.25) is 9.69 Å². The Kier molecular flexibility index (Phi) is 7.48. The van der Waals surface area contributed by atoms with Crippen molar-refractivity contribution in [1.82, 2.24) is 9.88 Å². The molecule has 0 spiro atoms. The van der Waals surface area contributed by atoms with Gasteiger partial charge >= 0.3 is 0 Å². The molecule has 2 aromatic rings. The lowest BCUT2D eigenvalue weighted by Gasteiger charge is -2.32. The Morgan fingerprint density at radius 2 is 2.06 bits per heavy atom. The molecule has 32 heavy (non-hydrogen) atoms. The van der Waals surface area contributed by atoms with Crippen molar-refractivity contribution in [2.45, 2.75) is 40.0 Å². The van der Waals surface area contributed by atoms with Gasteiger partial charge in [0.1, 0.15) is 10.1 Å². The van der Waals surface area contributed by atoms with Crippen LogP contribution in [0.3, 0.4) is 0 Å². The van der Waals surface area contributed by atoms with E-state index in [1.54, 1.807) is 4.90 Å².